The molecule has 5 heteroatoms. The smallest absolute Gasteiger partial charge is 0.223 e. The second kappa shape index (κ2) is 4.30. The van der Waals surface area contributed by atoms with Gasteiger partial charge in [0, 0.05) is 12.1 Å². The maximum absolute atomic E-state index is 12.3. The summed E-state index contributed by atoms with van der Waals surface area (Å²) in [6.07, 6.45) is 5.42. The van der Waals surface area contributed by atoms with E-state index in [1.165, 1.54) is 6.42 Å². The minimum absolute atomic E-state index is 0.114. The maximum atomic E-state index is 12.3. The van der Waals surface area contributed by atoms with Crippen LogP contribution in [0, 0.1) is 17.8 Å². The number of aromatic nitrogens is 3. The summed E-state index contributed by atoms with van der Waals surface area (Å²) in [6, 6.07) is 5.67. The number of fused-ring (bicyclic) bond motifs is 2. The maximum Gasteiger partial charge on any atom is 0.223 e. The Morgan fingerprint density at radius 3 is 2.90 bits per heavy atom. The van der Waals surface area contributed by atoms with E-state index in [4.69, 9.17) is 0 Å². The van der Waals surface area contributed by atoms with Gasteiger partial charge < -0.3 is 5.32 Å². The predicted molar refractivity (Wildman–Crippen MR) is 73.9 cm³/mol. The fraction of sp³-hybridized carbons (Fsp3) is 0.533. The number of hydrogen-bond donors (Lipinski definition) is 1. The average Bonchev–Trinajstić information content (AvgIpc) is 2.90. The molecule has 0 radical (unpaired) electrons. The molecule has 0 saturated heterocycles. The summed E-state index contributed by atoms with van der Waals surface area (Å²) >= 11 is 0. The standard InChI is InChI=1S/C15H18N4O/c1-9(14-18-17-13-4-2-3-5-19(13)14)16-15(20)12-7-10-6-11(10)8-12/h2-5,9-12H,6-8H2,1H3,(H,16,20). The molecule has 0 spiro atoms. The van der Waals surface area contributed by atoms with Crippen LogP contribution in [0.1, 0.15) is 38.1 Å². The van der Waals surface area contributed by atoms with Gasteiger partial charge in [-0.25, -0.2) is 0 Å². The Balaban J connectivity index is 1.49. The van der Waals surface area contributed by atoms with Crippen molar-refractivity contribution in [2.24, 2.45) is 17.8 Å². The Labute approximate surface area is 117 Å². The third-order valence-corrected chi connectivity index (χ3v) is 4.70. The van der Waals surface area contributed by atoms with Crippen molar-refractivity contribution in [2.45, 2.75) is 32.2 Å². The highest BCUT2D eigenvalue weighted by atomic mass is 16.2. The minimum atomic E-state index is -0.114. The number of nitrogens with zero attached hydrogens (tertiary/aromatic N) is 3. The van der Waals surface area contributed by atoms with Gasteiger partial charge in [0.15, 0.2) is 11.5 Å². The van der Waals surface area contributed by atoms with E-state index in [0.717, 1.165) is 36.1 Å². The highest BCUT2D eigenvalue weighted by Gasteiger charge is 2.48. The van der Waals surface area contributed by atoms with Crippen LogP contribution in [0.2, 0.25) is 0 Å². The number of hydrogen-bond acceptors (Lipinski definition) is 3. The van der Waals surface area contributed by atoms with Gasteiger partial charge in [0.1, 0.15) is 0 Å². The number of nitrogens with one attached hydrogen (secondary N) is 1. The molecule has 2 aromatic heterocycles. The number of carbonyl (C=O) groups excluding carboxylic acids is 1. The van der Waals surface area contributed by atoms with Crippen molar-refractivity contribution in [3.63, 3.8) is 0 Å². The highest BCUT2D eigenvalue weighted by molar-refractivity contribution is 5.79. The van der Waals surface area contributed by atoms with E-state index in [1.54, 1.807) is 0 Å². The van der Waals surface area contributed by atoms with Crippen molar-refractivity contribution in [2.75, 3.05) is 0 Å². The minimum Gasteiger partial charge on any atom is -0.346 e. The third-order valence-electron chi connectivity index (χ3n) is 4.70. The summed E-state index contributed by atoms with van der Waals surface area (Å²) in [7, 11) is 0. The summed E-state index contributed by atoms with van der Waals surface area (Å²) in [5.41, 5.74) is 0.811. The van der Waals surface area contributed by atoms with Gasteiger partial charge in [0.25, 0.3) is 0 Å². The number of pyridine rings is 1. The average molecular weight is 270 g/mol. The number of amides is 1. The first-order valence-electron chi connectivity index (χ1n) is 7.32. The molecule has 4 rings (SSSR count). The van der Waals surface area contributed by atoms with Gasteiger partial charge in [-0.05, 0) is 50.2 Å². The second-order valence-electron chi connectivity index (χ2n) is 6.14. The van der Waals surface area contributed by atoms with Crippen molar-refractivity contribution in [3.05, 3.63) is 30.2 Å². The van der Waals surface area contributed by atoms with Crippen molar-refractivity contribution >= 4 is 11.6 Å². The van der Waals surface area contributed by atoms with Crippen molar-refractivity contribution < 1.29 is 4.79 Å². The van der Waals surface area contributed by atoms with Crippen LogP contribution in [0.15, 0.2) is 24.4 Å². The fourth-order valence-electron chi connectivity index (χ4n) is 3.48. The van der Waals surface area contributed by atoms with Crippen LogP contribution in [0.25, 0.3) is 5.65 Å². The molecule has 0 aromatic carbocycles. The SMILES string of the molecule is CC(NC(=O)C1CC2CC2C1)c1nnc2ccccn12. The topological polar surface area (TPSA) is 59.3 Å². The van der Waals surface area contributed by atoms with Gasteiger partial charge in [-0.1, -0.05) is 6.07 Å². The van der Waals surface area contributed by atoms with E-state index in [-0.39, 0.29) is 17.9 Å². The Bertz CT molecular complexity index is 655. The number of carbonyl (C=O) groups is 1. The Hall–Kier alpha value is -1.91. The van der Waals surface area contributed by atoms with Gasteiger partial charge >= 0.3 is 0 Å². The van der Waals surface area contributed by atoms with E-state index < -0.39 is 0 Å². The van der Waals surface area contributed by atoms with Crippen molar-refractivity contribution in [1.29, 1.82) is 0 Å². The monoisotopic (exact) mass is 270 g/mol. The van der Waals surface area contributed by atoms with E-state index in [0.29, 0.717) is 0 Å². The summed E-state index contributed by atoms with van der Waals surface area (Å²) in [5, 5.41) is 11.4. The zero-order valence-electron chi connectivity index (χ0n) is 11.5. The number of rotatable bonds is 3. The molecule has 20 heavy (non-hydrogen) atoms. The molecule has 2 saturated carbocycles. The summed E-state index contributed by atoms with van der Waals surface area (Å²) in [5.74, 6) is 2.83. The fourth-order valence-corrected chi connectivity index (χ4v) is 3.48. The van der Waals surface area contributed by atoms with Gasteiger partial charge in [-0.2, -0.15) is 0 Å². The van der Waals surface area contributed by atoms with Gasteiger partial charge in [0.2, 0.25) is 5.91 Å². The molecule has 3 atom stereocenters. The summed E-state index contributed by atoms with van der Waals surface area (Å²) in [6.45, 7) is 1.97. The molecule has 2 aromatic rings. The van der Waals surface area contributed by atoms with Crippen molar-refractivity contribution in [3.8, 4) is 0 Å². The lowest BCUT2D eigenvalue weighted by atomic mass is 10.0. The second-order valence-corrected chi connectivity index (χ2v) is 6.14. The molecule has 2 heterocycles. The van der Waals surface area contributed by atoms with E-state index in [2.05, 4.69) is 15.5 Å². The van der Waals surface area contributed by atoms with Crippen LogP contribution in [-0.2, 0) is 4.79 Å². The molecule has 2 aliphatic rings. The Morgan fingerprint density at radius 2 is 2.10 bits per heavy atom. The van der Waals surface area contributed by atoms with Crippen LogP contribution in [-0.4, -0.2) is 20.5 Å². The highest BCUT2D eigenvalue weighted by Crippen LogP contribution is 2.54. The normalized spacial score (nSPS) is 29.1. The predicted octanol–water partition coefficient (Wildman–Crippen LogP) is 1.95. The molecule has 2 fully saturated rings. The molecule has 5 nitrogen and oxygen atoms in total. The lowest BCUT2D eigenvalue weighted by Gasteiger charge is -2.16. The quantitative estimate of drug-likeness (QED) is 0.927. The van der Waals surface area contributed by atoms with Crippen LogP contribution >= 0.6 is 0 Å². The summed E-state index contributed by atoms with van der Waals surface area (Å²) in [4.78, 5) is 12.3. The van der Waals surface area contributed by atoms with Gasteiger partial charge in [-0.3, -0.25) is 9.20 Å². The first-order chi connectivity index (χ1) is 9.72. The van der Waals surface area contributed by atoms with Crippen LogP contribution in [0.4, 0.5) is 0 Å². The molecule has 2 aliphatic carbocycles. The molecule has 0 bridgehead atoms. The van der Waals surface area contributed by atoms with Gasteiger partial charge in [0.05, 0.1) is 6.04 Å². The molecule has 1 amide bonds. The first kappa shape index (κ1) is 11.9. The molecule has 104 valence electrons. The molecule has 1 N–H and O–H groups in total. The molecular weight excluding hydrogens is 252 g/mol. The Kier molecular flexibility index (Phi) is 2.55. The van der Waals surface area contributed by atoms with Gasteiger partial charge in [-0.15, -0.1) is 10.2 Å². The van der Waals surface area contributed by atoms with E-state index >= 15 is 0 Å². The third kappa shape index (κ3) is 1.88. The largest absolute Gasteiger partial charge is 0.346 e. The van der Waals surface area contributed by atoms with Crippen LogP contribution in [0.5, 0.6) is 0 Å². The van der Waals surface area contributed by atoms with E-state index in [1.807, 2.05) is 35.7 Å². The lowest BCUT2D eigenvalue weighted by molar-refractivity contribution is -0.125. The van der Waals surface area contributed by atoms with Crippen LogP contribution < -0.4 is 5.32 Å². The zero-order valence-corrected chi connectivity index (χ0v) is 11.5. The summed E-state index contributed by atoms with van der Waals surface area (Å²) < 4.78 is 1.93. The van der Waals surface area contributed by atoms with Crippen LogP contribution in [0.3, 0.4) is 0 Å². The van der Waals surface area contributed by atoms with E-state index in [9.17, 15) is 4.79 Å². The van der Waals surface area contributed by atoms with Crippen molar-refractivity contribution in [1.82, 2.24) is 19.9 Å². The molecular formula is C15H18N4O. The Morgan fingerprint density at radius 1 is 1.30 bits per heavy atom. The zero-order chi connectivity index (χ0) is 13.7. The first-order valence-corrected chi connectivity index (χ1v) is 7.32. The molecule has 0 aliphatic heterocycles. The lowest BCUT2D eigenvalue weighted by Crippen LogP contribution is -2.33. The molecule has 3 unspecified atom stereocenters.